The van der Waals surface area contributed by atoms with E-state index in [1.807, 2.05) is 24.3 Å². The lowest BCUT2D eigenvalue weighted by atomic mass is 10.3. The maximum atomic E-state index is 9.63. The van der Waals surface area contributed by atoms with Gasteiger partial charge in [0.1, 0.15) is 5.15 Å². The second kappa shape index (κ2) is 4.72. The van der Waals surface area contributed by atoms with E-state index in [4.69, 9.17) is 11.6 Å². The zero-order valence-corrected chi connectivity index (χ0v) is 10.5. The van der Waals surface area contributed by atoms with Gasteiger partial charge in [-0.15, -0.1) is 0 Å². The van der Waals surface area contributed by atoms with Crippen molar-refractivity contribution in [2.45, 2.75) is 0 Å². The zero-order valence-electron chi connectivity index (χ0n) is 8.14. The maximum absolute atomic E-state index is 9.63. The third-order valence-corrected chi connectivity index (χ3v) is 2.94. The van der Waals surface area contributed by atoms with Crippen LogP contribution in [0.25, 0.3) is 0 Å². The van der Waals surface area contributed by atoms with Crippen LogP contribution >= 0.6 is 27.5 Å². The van der Waals surface area contributed by atoms with Gasteiger partial charge in [-0.2, -0.15) is 4.73 Å². The normalized spacial score (nSPS) is 11.8. The van der Waals surface area contributed by atoms with Crippen molar-refractivity contribution in [1.29, 1.82) is 0 Å². The summed E-state index contributed by atoms with van der Waals surface area (Å²) in [6, 6.07) is 12.5. The molecule has 0 saturated carbocycles. The van der Waals surface area contributed by atoms with Crippen LogP contribution in [0.3, 0.4) is 0 Å². The summed E-state index contributed by atoms with van der Waals surface area (Å²) in [5, 5.41) is 9.84. The minimum Gasteiger partial charge on any atom is -0.426 e. The highest BCUT2D eigenvalue weighted by Gasteiger charge is 1.98. The molecule has 0 fully saturated rings. The quantitative estimate of drug-likeness (QED) is 0.636. The van der Waals surface area contributed by atoms with E-state index in [9.17, 15) is 5.21 Å². The molecule has 1 N–H and O–H groups in total. The van der Waals surface area contributed by atoms with Crippen LogP contribution < -0.4 is 5.49 Å². The van der Waals surface area contributed by atoms with Crippen LogP contribution in [0.1, 0.15) is 0 Å². The Morgan fingerprint density at radius 1 is 1.12 bits per heavy atom. The monoisotopic (exact) mass is 298 g/mol. The van der Waals surface area contributed by atoms with E-state index in [0.29, 0.717) is 5.49 Å². The van der Waals surface area contributed by atoms with E-state index >= 15 is 0 Å². The molecule has 0 aliphatic heterocycles. The molecule has 0 aliphatic rings. The van der Waals surface area contributed by atoms with Crippen molar-refractivity contribution in [3.63, 3.8) is 0 Å². The first-order valence-electron chi connectivity index (χ1n) is 4.54. The zero-order chi connectivity index (χ0) is 11.5. The number of hydrogen-bond donors (Lipinski definition) is 1. The van der Waals surface area contributed by atoms with Gasteiger partial charge in [-0.3, -0.25) is 0 Å². The molecule has 0 saturated heterocycles. The lowest BCUT2D eigenvalue weighted by molar-refractivity contribution is 0.173. The molecule has 3 nitrogen and oxygen atoms in total. The summed E-state index contributed by atoms with van der Waals surface area (Å²) in [6.45, 7) is 0. The average Bonchev–Trinajstić information content (AvgIpc) is 2.28. The molecule has 0 aliphatic carbocycles. The summed E-state index contributed by atoms with van der Waals surface area (Å²) >= 11 is 9.14. The minimum atomic E-state index is 0.216. The van der Waals surface area contributed by atoms with Crippen LogP contribution in [0.15, 0.2) is 51.9 Å². The Morgan fingerprint density at radius 2 is 1.88 bits per heavy atom. The number of halogens is 2. The second-order valence-corrected chi connectivity index (χ2v) is 4.32. The van der Waals surface area contributed by atoms with Gasteiger partial charge in [0.05, 0.1) is 5.69 Å². The molecular weight excluding hydrogens is 291 g/mol. The van der Waals surface area contributed by atoms with Gasteiger partial charge in [0, 0.05) is 4.47 Å². The SMILES string of the molecule is On1c(Cl)cccc1=Nc1ccccc1Br. The van der Waals surface area contributed by atoms with Gasteiger partial charge in [-0.05, 0) is 40.2 Å². The number of benzene rings is 1. The molecule has 1 heterocycles. The molecule has 0 bridgehead atoms. The van der Waals surface area contributed by atoms with Crippen LogP contribution in [-0.2, 0) is 0 Å². The first kappa shape index (κ1) is 11.2. The molecule has 0 atom stereocenters. The summed E-state index contributed by atoms with van der Waals surface area (Å²) in [5.41, 5.74) is 1.10. The Kier molecular flexibility index (Phi) is 3.31. The third kappa shape index (κ3) is 2.28. The Labute approximate surface area is 106 Å². The molecule has 0 spiro atoms. The molecule has 82 valence electrons. The molecule has 0 unspecified atom stereocenters. The maximum Gasteiger partial charge on any atom is 0.170 e. The Balaban J connectivity index is 2.61. The van der Waals surface area contributed by atoms with E-state index in [1.54, 1.807) is 18.2 Å². The van der Waals surface area contributed by atoms with Crippen LogP contribution in [0.4, 0.5) is 5.69 Å². The smallest absolute Gasteiger partial charge is 0.170 e. The van der Waals surface area contributed by atoms with Crippen molar-refractivity contribution in [2.24, 2.45) is 4.99 Å². The van der Waals surface area contributed by atoms with Gasteiger partial charge >= 0.3 is 0 Å². The number of hydrogen-bond acceptors (Lipinski definition) is 2. The summed E-state index contributed by atoms with van der Waals surface area (Å²) in [7, 11) is 0. The van der Waals surface area contributed by atoms with Crippen LogP contribution in [0.2, 0.25) is 5.15 Å². The molecule has 0 radical (unpaired) electrons. The van der Waals surface area contributed by atoms with Crippen molar-refractivity contribution < 1.29 is 5.21 Å². The van der Waals surface area contributed by atoms with Gasteiger partial charge in [-0.1, -0.05) is 29.8 Å². The lowest BCUT2D eigenvalue weighted by Gasteiger charge is -2.01. The van der Waals surface area contributed by atoms with E-state index in [1.165, 1.54) is 0 Å². The molecular formula is C11H8BrClN2O. The molecule has 2 rings (SSSR count). The Bertz CT molecular complexity index is 580. The minimum absolute atomic E-state index is 0.216. The molecule has 0 amide bonds. The molecule has 16 heavy (non-hydrogen) atoms. The third-order valence-electron chi connectivity index (χ3n) is 1.99. The number of rotatable bonds is 1. The van der Waals surface area contributed by atoms with Crippen LogP contribution in [0.5, 0.6) is 0 Å². The topological polar surface area (TPSA) is 37.5 Å². The fourth-order valence-corrected chi connectivity index (χ4v) is 1.75. The van der Waals surface area contributed by atoms with Gasteiger partial charge in [0.15, 0.2) is 5.49 Å². The highest BCUT2D eigenvalue weighted by molar-refractivity contribution is 9.10. The molecule has 1 aromatic heterocycles. The van der Waals surface area contributed by atoms with Crippen molar-refractivity contribution in [3.05, 3.63) is 57.6 Å². The fraction of sp³-hybridized carbons (Fsp3) is 0. The van der Waals surface area contributed by atoms with E-state index in [2.05, 4.69) is 20.9 Å². The van der Waals surface area contributed by atoms with Crippen molar-refractivity contribution in [2.75, 3.05) is 0 Å². The Hall–Kier alpha value is -1.26. The van der Waals surface area contributed by atoms with Gasteiger partial charge in [-0.25, -0.2) is 4.99 Å². The number of aromatic nitrogens is 1. The summed E-state index contributed by atoms with van der Waals surface area (Å²) < 4.78 is 1.69. The van der Waals surface area contributed by atoms with Crippen LogP contribution in [-0.4, -0.2) is 9.94 Å². The van der Waals surface area contributed by atoms with Crippen molar-refractivity contribution in [3.8, 4) is 0 Å². The van der Waals surface area contributed by atoms with E-state index < -0.39 is 0 Å². The number of pyridine rings is 1. The first-order valence-corrected chi connectivity index (χ1v) is 5.71. The van der Waals surface area contributed by atoms with Crippen LogP contribution in [0, 0.1) is 0 Å². The van der Waals surface area contributed by atoms with Gasteiger partial charge in [0.25, 0.3) is 0 Å². The number of nitrogens with zero attached hydrogens (tertiary/aromatic N) is 2. The largest absolute Gasteiger partial charge is 0.426 e. The van der Waals surface area contributed by atoms with E-state index in [-0.39, 0.29) is 5.15 Å². The first-order chi connectivity index (χ1) is 7.68. The second-order valence-electron chi connectivity index (χ2n) is 3.08. The van der Waals surface area contributed by atoms with Gasteiger partial charge < -0.3 is 5.21 Å². The van der Waals surface area contributed by atoms with Gasteiger partial charge in [0.2, 0.25) is 0 Å². The fourth-order valence-electron chi connectivity index (χ4n) is 1.21. The standard InChI is InChI=1S/C11H8BrClN2O/c12-8-4-1-2-5-9(8)14-11-7-3-6-10(13)15(11)16/h1-7,16H. The highest BCUT2D eigenvalue weighted by atomic mass is 79.9. The average molecular weight is 300 g/mol. The molecule has 1 aromatic carbocycles. The van der Waals surface area contributed by atoms with E-state index in [0.717, 1.165) is 14.9 Å². The summed E-state index contributed by atoms with van der Waals surface area (Å²) in [4.78, 5) is 4.28. The predicted molar refractivity (Wildman–Crippen MR) is 66.0 cm³/mol. The summed E-state index contributed by atoms with van der Waals surface area (Å²) in [6.07, 6.45) is 0. The predicted octanol–water partition coefficient (Wildman–Crippen LogP) is 3.37. The molecule has 2 aromatic rings. The van der Waals surface area contributed by atoms with Crippen molar-refractivity contribution >= 4 is 33.2 Å². The Morgan fingerprint density at radius 3 is 2.62 bits per heavy atom. The number of para-hydroxylation sites is 1. The highest BCUT2D eigenvalue weighted by Crippen LogP contribution is 2.23. The lowest BCUT2D eigenvalue weighted by Crippen LogP contribution is -2.17. The molecule has 5 heteroatoms. The van der Waals surface area contributed by atoms with Crippen molar-refractivity contribution in [1.82, 2.24) is 4.73 Å². The summed E-state index contributed by atoms with van der Waals surface area (Å²) in [5.74, 6) is 0.